The van der Waals surface area contributed by atoms with E-state index in [-0.39, 0.29) is 0 Å². The molecule has 4 heterocycles. The fourth-order valence-corrected chi connectivity index (χ4v) is 6.63. The number of imidazole rings is 2. The van der Waals surface area contributed by atoms with Crippen LogP contribution in [0.15, 0.2) is 105 Å². The number of ether oxygens (including phenoxy) is 2. The van der Waals surface area contributed by atoms with E-state index in [4.69, 9.17) is 19.5 Å². The summed E-state index contributed by atoms with van der Waals surface area (Å²) in [5.41, 5.74) is 4.96. The summed E-state index contributed by atoms with van der Waals surface area (Å²) in [6.45, 7) is 6.60. The Morgan fingerprint density at radius 3 is 1.26 bits per heavy atom. The fraction of sp³-hybridized carbons (Fsp3) is 0.105. The van der Waals surface area contributed by atoms with Crippen LogP contribution in [0.5, 0.6) is 23.0 Å². The van der Waals surface area contributed by atoms with Crippen molar-refractivity contribution in [3.63, 3.8) is 0 Å². The van der Waals surface area contributed by atoms with Gasteiger partial charge < -0.3 is 9.47 Å². The number of nitrogens with zero attached hydrogens (tertiary/aromatic N) is 6. The van der Waals surface area contributed by atoms with E-state index >= 15 is 0 Å². The Hall–Kier alpha value is -6.82. The third-order valence-corrected chi connectivity index (χ3v) is 9.02. The second kappa shape index (κ2) is 10.3. The topological polar surface area (TPSA) is 131 Å². The number of aryl methyl sites for hydroxylation is 2. The van der Waals surface area contributed by atoms with Gasteiger partial charge in [0.1, 0.15) is 22.1 Å². The van der Waals surface area contributed by atoms with Crippen LogP contribution in [0.3, 0.4) is 0 Å². The first-order chi connectivity index (χ1) is 24.0. The molecule has 0 amide bonds. The van der Waals surface area contributed by atoms with Crippen LogP contribution < -0.4 is 31.6 Å². The second-order valence-corrected chi connectivity index (χ2v) is 12.4. The van der Waals surface area contributed by atoms with E-state index in [0.29, 0.717) is 78.5 Å². The lowest BCUT2D eigenvalue weighted by Gasteiger charge is -2.18. The van der Waals surface area contributed by atoms with E-state index in [1.54, 1.807) is 36.4 Å². The molecular formula is C38H26N6O6. The van der Waals surface area contributed by atoms with E-state index in [1.165, 1.54) is 23.0 Å². The van der Waals surface area contributed by atoms with Gasteiger partial charge in [0.15, 0.2) is 23.0 Å². The molecule has 244 valence electrons. The molecule has 5 aromatic carbocycles. The van der Waals surface area contributed by atoms with Crippen molar-refractivity contribution in [1.29, 1.82) is 0 Å². The Morgan fingerprint density at radius 1 is 0.520 bits per heavy atom. The second-order valence-electron chi connectivity index (χ2n) is 12.4. The molecular weight excluding hydrogens is 636 g/mol. The molecule has 2 aliphatic heterocycles. The summed E-state index contributed by atoms with van der Waals surface area (Å²) >= 11 is 0. The van der Waals surface area contributed by atoms with Gasteiger partial charge in [-0.05, 0) is 50.2 Å². The maximum atomic E-state index is 13.6. The minimum absolute atomic E-state index is 0.397. The molecule has 0 saturated carbocycles. The summed E-state index contributed by atoms with van der Waals surface area (Å²) in [5.74, 6) is 0.766. The number of carbonyl (C=O) groups is 2. The van der Waals surface area contributed by atoms with Crippen LogP contribution in [0, 0.1) is 13.8 Å². The standard InChI is InChI=1S/C38H26N6O6/c1-19-5-9-23(10-6-19)43-31-17-35-25(13-29(31)41(21(3)45)37(43)47)39-27-16-34-28(15-33(27)49-35)40-26-14-30-32(18-36(26)50-34)44(38(48)42(30)22(4)46)24-11-7-20(2)8-12-24/h5-18H,1-4H3. The predicted molar refractivity (Wildman–Crippen MR) is 185 cm³/mol. The van der Waals surface area contributed by atoms with Gasteiger partial charge in [0.25, 0.3) is 0 Å². The Labute approximate surface area is 282 Å². The largest absolute Gasteiger partial charge is 0.453 e. The van der Waals surface area contributed by atoms with Crippen molar-refractivity contribution in [1.82, 2.24) is 18.3 Å². The van der Waals surface area contributed by atoms with Crippen LogP contribution in [0.4, 0.5) is 11.4 Å². The highest BCUT2D eigenvalue weighted by molar-refractivity contribution is 5.94. The van der Waals surface area contributed by atoms with Gasteiger partial charge in [-0.15, -0.1) is 0 Å². The van der Waals surface area contributed by atoms with Crippen molar-refractivity contribution in [2.75, 3.05) is 0 Å². The van der Waals surface area contributed by atoms with Crippen LogP contribution in [0.1, 0.15) is 34.6 Å². The molecule has 12 nitrogen and oxygen atoms in total. The van der Waals surface area contributed by atoms with Crippen LogP contribution in [0.25, 0.3) is 33.4 Å². The Bertz CT molecular complexity index is 2730. The van der Waals surface area contributed by atoms with Gasteiger partial charge in [-0.25, -0.2) is 28.7 Å². The normalized spacial score (nSPS) is 12.6. The first kappa shape index (κ1) is 29.3. The Kier molecular flexibility index (Phi) is 6.06. The lowest BCUT2D eigenvalue weighted by molar-refractivity contribution is 0.0928. The van der Waals surface area contributed by atoms with E-state index < -0.39 is 23.2 Å². The quantitative estimate of drug-likeness (QED) is 0.225. The zero-order valence-electron chi connectivity index (χ0n) is 27.2. The van der Waals surface area contributed by atoms with Gasteiger partial charge in [0.05, 0.1) is 33.4 Å². The molecule has 0 N–H and O–H groups in total. The van der Waals surface area contributed by atoms with Crippen molar-refractivity contribution in [2.24, 2.45) is 9.98 Å². The summed E-state index contributed by atoms with van der Waals surface area (Å²) < 4.78 is 17.9. The van der Waals surface area contributed by atoms with Gasteiger partial charge in [-0.3, -0.25) is 18.7 Å². The molecule has 0 fully saturated rings. The average Bonchev–Trinajstić information content (AvgIpc) is 3.52. The molecule has 0 bridgehead atoms. The van der Waals surface area contributed by atoms with Crippen molar-refractivity contribution >= 4 is 45.3 Å². The summed E-state index contributed by atoms with van der Waals surface area (Å²) in [5, 5.41) is 0.925. The molecule has 0 aliphatic carbocycles. The maximum Gasteiger partial charge on any atom is 0.340 e. The molecule has 0 radical (unpaired) electrons. The Balaban J connectivity index is 1.20. The monoisotopic (exact) mass is 662 g/mol. The molecule has 0 spiro atoms. The van der Waals surface area contributed by atoms with Gasteiger partial charge in [-0.2, -0.15) is 0 Å². The molecule has 2 aliphatic rings. The molecule has 0 atom stereocenters. The highest BCUT2D eigenvalue weighted by Crippen LogP contribution is 2.41. The van der Waals surface area contributed by atoms with E-state index in [2.05, 4.69) is 0 Å². The number of benzene rings is 5. The molecule has 12 heteroatoms. The van der Waals surface area contributed by atoms with E-state index in [1.807, 2.05) is 62.4 Å². The molecule has 0 saturated heterocycles. The number of aromatic nitrogens is 4. The lowest BCUT2D eigenvalue weighted by Crippen LogP contribution is -2.26. The van der Waals surface area contributed by atoms with Crippen LogP contribution >= 0.6 is 0 Å². The van der Waals surface area contributed by atoms with Gasteiger partial charge in [0, 0.05) is 38.1 Å². The molecule has 7 aromatic rings. The first-order valence-electron chi connectivity index (χ1n) is 15.8. The molecule has 0 unspecified atom stereocenters. The minimum Gasteiger partial charge on any atom is -0.453 e. The fourth-order valence-electron chi connectivity index (χ4n) is 6.63. The summed E-state index contributed by atoms with van der Waals surface area (Å²) in [4.78, 5) is 62.1. The summed E-state index contributed by atoms with van der Waals surface area (Å²) in [6.07, 6.45) is 0. The lowest BCUT2D eigenvalue weighted by atomic mass is 10.1. The van der Waals surface area contributed by atoms with Gasteiger partial charge >= 0.3 is 11.4 Å². The van der Waals surface area contributed by atoms with Crippen molar-refractivity contribution in [3.05, 3.63) is 128 Å². The third-order valence-electron chi connectivity index (χ3n) is 9.02. The maximum absolute atomic E-state index is 13.6. The van der Waals surface area contributed by atoms with Crippen LogP contribution in [-0.2, 0) is 0 Å². The van der Waals surface area contributed by atoms with Crippen molar-refractivity contribution in [2.45, 2.75) is 27.7 Å². The van der Waals surface area contributed by atoms with Crippen LogP contribution in [-0.4, -0.2) is 30.1 Å². The smallest absolute Gasteiger partial charge is 0.340 e. The van der Waals surface area contributed by atoms with Gasteiger partial charge in [-0.1, -0.05) is 35.4 Å². The molecule has 50 heavy (non-hydrogen) atoms. The summed E-state index contributed by atoms with van der Waals surface area (Å²) in [7, 11) is 0. The number of carbonyl (C=O) groups excluding carboxylic acids is 2. The molecule has 2 aromatic heterocycles. The van der Waals surface area contributed by atoms with E-state index in [9.17, 15) is 19.2 Å². The van der Waals surface area contributed by atoms with Gasteiger partial charge in [0.2, 0.25) is 11.8 Å². The number of rotatable bonds is 2. The third kappa shape index (κ3) is 4.24. The highest BCUT2D eigenvalue weighted by Gasteiger charge is 2.26. The zero-order chi connectivity index (χ0) is 34.6. The number of hydrogen-bond donors (Lipinski definition) is 0. The number of hydrogen-bond acceptors (Lipinski definition) is 8. The van der Waals surface area contributed by atoms with Crippen molar-refractivity contribution < 1.29 is 19.1 Å². The van der Waals surface area contributed by atoms with Crippen LogP contribution in [0.2, 0.25) is 0 Å². The summed E-state index contributed by atoms with van der Waals surface area (Å²) in [6, 6.07) is 25.1. The molecule has 9 rings (SSSR count). The zero-order valence-corrected chi connectivity index (χ0v) is 27.2. The minimum atomic E-state index is -0.491. The Morgan fingerprint density at radius 2 is 0.900 bits per heavy atom. The SMILES string of the molecule is CC(=O)n1c(=O)n(-c2ccc(C)cc2)c2cc3c(cc21)N=c1cc2c(cc1O3)=Nc1cc3c(cc1O2)n(-c1ccc(C)cc1)c(=O)n3C(C)=O. The predicted octanol–water partition coefficient (Wildman–Crippen LogP) is 5.95. The number of fused-ring (bicyclic) bond motifs is 6. The first-order valence-corrected chi connectivity index (χ1v) is 15.8. The van der Waals surface area contributed by atoms with Crippen molar-refractivity contribution in [3.8, 4) is 34.4 Å². The van der Waals surface area contributed by atoms with E-state index in [0.717, 1.165) is 20.3 Å². The highest BCUT2D eigenvalue weighted by atomic mass is 16.5. The average molecular weight is 663 g/mol.